The highest BCUT2D eigenvalue weighted by Gasteiger charge is 2.04. The highest BCUT2D eigenvalue weighted by atomic mass is 79.9. The van der Waals surface area contributed by atoms with Crippen LogP contribution >= 0.6 is 15.9 Å². The summed E-state index contributed by atoms with van der Waals surface area (Å²) in [4.78, 5) is 0. The van der Waals surface area contributed by atoms with E-state index in [1.807, 2.05) is 0 Å². The van der Waals surface area contributed by atoms with E-state index in [1.165, 1.54) is 11.1 Å². The minimum Gasteiger partial charge on any atom is -0.309 e. The Bertz CT molecular complexity index is 381. The van der Waals surface area contributed by atoms with E-state index in [-0.39, 0.29) is 6.04 Å². The maximum absolute atomic E-state index is 11.0. The second kappa shape index (κ2) is 6.52. The number of hydrogen-bond donors (Lipinski definition) is 1. The molecule has 0 aromatic heterocycles. The molecular formula is C12H18BrNOS. The van der Waals surface area contributed by atoms with Crippen LogP contribution in [0.4, 0.5) is 0 Å². The van der Waals surface area contributed by atoms with E-state index in [0.29, 0.717) is 5.75 Å². The summed E-state index contributed by atoms with van der Waals surface area (Å²) in [5, 5.41) is 3.36. The molecule has 2 nitrogen and oxygen atoms in total. The SMILES string of the molecule is Cc1ccc(CNC(C)CS(C)=O)cc1Br. The fourth-order valence-electron chi connectivity index (χ4n) is 1.45. The van der Waals surface area contributed by atoms with Crippen LogP contribution in [-0.4, -0.2) is 22.3 Å². The van der Waals surface area contributed by atoms with Crippen LogP contribution in [0, 0.1) is 6.92 Å². The van der Waals surface area contributed by atoms with E-state index < -0.39 is 10.8 Å². The molecule has 0 radical (unpaired) electrons. The lowest BCUT2D eigenvalue weighted by molar-refractivity contribution is 0.587. The maximum Gasteiger partial charge on any atom is 0.0383 e. The Kier molecular flexibility index (Phi) is 5.66. The molecule has 16 heavy (non-hydrogen) atoms. The molecule has 0 fully saturated rings. The van der Waals surface area contributed by atoms with Gasteiger partial charge in [-0.25, -0.2) is 0 Å². The van der Waals surface area contributed by atoms with Gasteiger partial charge in [0.1, 0.15) is 0 Å². The van der Waals surface area contributed by atoms with Crippen molar-refractivity contribution in [3.05, 3.63) is 33.8 Å². The lowest BCUT2D eigenvalue weighted by Gasteiger charge is -2.12. The molecule has 1 aromatic carbocycles. The number of rotatable bonds is 5. The Morgan fingerprint density at radius 3 is 2.75 bits per heavy atom. The predicted molar refractivity (Wildman–Crippen MR) is 74.1 cm³/mol. The van der Waals surface area contributed by atoms with E-state index in [4.69, 9.17) is 0 Å². The fraction of sp³-hybridized carbons (Fsp3) is 0.500. The lowest BCUT2D eigenvalue weighted by Crippen LogP contribution is -2.30. The Morgan fingerprint density at radius 2 is 2.19 bits per heavy atom. The summed E-state index contributed by atoms with van der Waals surface area (Å²) >= 11 is 3.52. The number of aryl methyl sites for hydroxylation is 1. The molecule has 2 unspecified atom stereocenters. The van der Waals surface area contributed by atoms with Gasteiger partial charge >= 0.3 is 0 Å². The lowest BCUT2D eigenvalue weighted by atomic mass is 10.1. The minimum atomic E-state index is -0.733. The molecule has 0 aliphatic heterocycles. The van der Waals surface area contributed by atoms with Gasteiger partial charge in [0.25, 0.3) is 0 Å². The zero-order chi connectivity index (χ0) is 12.1. The van der Waals surface area contributed by atoms with Gasteiger partial charge in [-0.1, -0.05) is 28.1 Å². The standard InChI is InChI=1S/C12H18BrNOS/c1-9-4-5-11(6-12(9)13)7-14-10(2)8-16(3)15/h4-6,10,14H,7-8H2,1-3H3. The smallest absolute Gasteiger partial charge is 0.0383 e. The zero-order valence-corrected chi connectivity index (χ0v) is 12.3. The molecule has 1 N–H and O–H groups in total. The molecule has 0 amide bonds. The quantitative estimate of drug-likeness (QED) is 0.906. The summed E-state index contributed by atoms with van der Waals surface area (Å²) < 4.78 is 12.2. The van der Waals surface area contributed by atoms with Gasteiger partial charge in [0.05, 0.1) is 0 Å². The van der Waals surface area contributed by atoms with Crippen molar-refractivity contribution in [3.63, 3.8) is 0 Å². The second-order valence-electron chi connectivity index (χ2n) is 4.11. The van der Waals surface area contributed by atoms with Crippen molar-refractivity contribution in [2.75, 3.05) is 12.0 Å². The Hall–Kier alpha value is -0.190. The first-order valence-electron chi connectivity index (χ1n) is 5.27. The van der Waals surface area contributed by atoms with E-state index in [1.54, 1.807) is 6.26 Å². The van der Waals surface area contributed by atoms with Crippen LogP contribution in [0.2, 0.25) is 0 Å². The Morgan fingerprint density at radius 1 is 1.50 bits per heavy atom. The van der Waals surface area contributed by atoms with Crippen molar-refractivity contribution in [3.8, 4) is 0 Å². The third-order valence-corrected chi connectivity index (χ3v) is 4.20. The fourth-order valence-corrected chi connectivity index (χ4v) is 2.70. The van der Waals surface area contributed by atoms with Crippen LogP contribution in [0.15, 0.2) is 22.7 Å². The molecule has 0 heterocycles. The van der Waals surface area contributed by atoms with Crippen LogP contribution in [0.25, 0.3) is 0 Å². The van der Waals surface area contributed by atoms with Gasteiger partial charge in [-0.2, -0.15) is 0 Å². The van der Waals surface area contributed by atoms with Gasteiger partial charge in [0, 0.05) is 39.9 Å². The van der Waals surface area contributed by atoms with Gasteiger partial charge < -0.3 is 5.32 Å². The maximum atomic E-state index is 11.0. The Balaban J connectivity index is 2.48. The number of benzene rings is 1. The van der Waals surface area contributed by atoms with E-state index in [0.717, 1.165) is 11.0 Å². The summed E-state index contributed by atoms with van der Waals surface area (Å²) in [6.45, 7) is 4.95. The number of halogens is 1. The average molecular weight is 304 g/mol. The van der Waals surface area contributed by atoms with Gasteiger partial charge in [0.15, 0.2) is 0 Å². The van der Waals surface area contributed by atoms with Crippen molar-refractivity contribution in [2.45, 2.75) is 26.4 Å². The third-order valence-electron chi connectivity index (χ3n) is 2.38. The second-order valence-corrected chi connectivity index (χ2v) is 6.44. The summed E-state index contributed by atoms with van der Waals surface area (Å²) in [7, 11) is -0.733. The first kappa shape index (κ1) is 13.9. The molecule has 0 bridgehead atoms. The highest BCUT2D eigenvalue weighted by Crippen LogP contribution is 2.17. The van der Waals surface area contributed by atoms with Crippen molar-refractivity contribution < 1.29 is 4.21 Å². The number of hydrogen-bond acceptors (Lipinski definition) is 2. The molecule has 0 saturated heterocycles. The molecular weight excluding hydrogens is 286 g/mol. The topological polar surface area (TPSA) is 29.1 Å². The molecule has 1 aromatic rings. The third kappa shape index (κ3) is 4.76. The van der Waals surface area contributed by atoms with Gasteiger partial charge in [0.2, 0.25) is 0 Å². The monoisotopic (exact) mass is 303 g/mol. The average Bonchev–Trinajstić information content (AvgIpc) is 2.19. The molecule has 2 atom stereocenters. The van der Waals surface area contributed by atoms with Crippen LogP contribution in [-0.2, 0) is 17.3 Å². The predicted octanol–water partition coefficient (Wildman–Crippen LogP) is 2.61. The Labute approximate surface area is 108 Å². The van der Waals surface area contributed by atoms with E-state index in [2.05, 4.69) is 53.3 Å². The largest absolute Gasteiger partial charge is 0.309 e. The van der Waals surface area contributed by atoms with Crippen LogP contribution in [0.3, 0.4) is 0 Å². The van der Waals surface area contributed by atoms with Crippen LogP contribution in [0.1, 0.15) is 18.1 Å². The molecule has 0 aliphatic rings. The van der Waals surface area contributed by atoms with Crippen LogP contribution in [0.5, 0.6) is 0 Å². The highest BCUT2D eigenvalue weighted by molar-refractivity contribution is 9.10. The van der Waals surface area contributed by atoms with Crippen molar-refractivity contribution in [1.82, 2.24) is 5.32 Å². The van der Waals surface area contributed by atoms with E-state index in [9.17, 15) is 4.21 Å². The molecule has 0 aliphatic carbocycles. The summed E-state index contributed by atoms with van der Waals surface area (Å²) in [6.07, 6.45) is 1.74. The molecule has 90 valence electrons. The molecule has 0 saturated carbocycles. The van der Waals surface area contributed by atoms with Gasteiger partial charge in [-0.3, -0.25) is 4.21 Å². The number of nitrogens with one attached hydrogen (secondary N) is 1. The normalized spacial score (nSPS) is 14.8. The summed E-state index contributed by atoms with van der Waals surface area (Å²) in [6, 6.07) is 6.62. The summed E-state index contributed by atoms with van der Waals surface area (Å²) in [5.41, 5.74) is 2.48. The van der Waals surface area contributed by atoms with Crippen molar-refractivity contribution in [1.29, 1.82) is 0 Å². The zero-order valence-electron chi connectivity index (χ0n) is 9.92. The van der Waals surface area contributed by atoms with Crippen molar-refractivity contribution in [2.24, 2.45) is 0 Å². The van der Waals surface area contributed by atoms with Gasteiger partial charge in [-0.15, -0.1) is 0 Å². The summed E-state index contributed by atoms with van der Waals surface area (Å²) in [5.74, 6) is 0.701. The van der Waals surface area contributed by atoms with E-state index >= 15 is 0 Å². The molecule has 0 spiro atoms. The molecule has 4 heteroatoms. The molecule has 1 rings (SSSR count). The van der Waals surface area contributed by atoms with Crippen molar-refractivity contribution >= 4 is 26.7 Å². The minimum absolute atomic E-state index is 0.283. The first-order valence-corrected chi connectivity index (χ1v) is 7.79. The van der Waals surface area contributed by atoms with Crippen LogP contribution < -0.4 is 5.32 Å². The van der Waals surface area contributed by atoms with Gasteiger partial charge in [-0.05, 0) is 31.0 Å². The first-order chi connectivity index (χ1) is 7.49.